The quantitative estimate of drug-likeness (QED) is 0.577. The summed E-state index contributed by atoms with van der Waals surface area (Å²) in [5, 5.41) is 0.629. The van der Waals surface area contributed by atoms with Crippen LogP contribution < -0.4 is 4.74 Å². The summed E-state index contributed by atoms with van der Waals surface area (Å²) >= 11 is 5.78. The number of carbonyl (C=O) groups is 3. The summed E-state index contributed by atoms with van der Waals surface area (Å²) in [4.78, 5) is 38.2. The minimum Gasteiger partial charge on any atom is -0.492 e. The zero-order valence-electron chi connectivity index (χ0n) is 12.3. The molecule has 0 radical (unpaired) electrons. The Kier molecular flexibility index (Phi) is 4.99. The van der Waals surface area contributed by atoms with Gasteiger partial charge in [0.15, 0.2) is 0 Å². The summed E-state index contributed by atoms with van der Waals surface area (Å²) < 4.78 is 5.53. The summed E-state index contributed by atoms with van der Waals surface area (Å²) in [5.74, 6) is -0.935. The van der Waals surface area contributed by atoms with Crippen LogP contribution in [0.4, 0.5) is 4.79 Å². The number of urea groups is 1. The number of ether oxygens (including phenoxy) is 1. The Labute approximate surface area is 133 Å². The van der Waals surface area contributed by atoms with E-state index in [0.717, 1.165) is 9.80 Å². The van der Waals surface area contributed by atoms with Crippen LogP contribution in [0.1, 0.15) is 0 Å². The van der Waals surface area contributed by atoms with E-state index in [1.165, 1.54) is 7.05 Å². The first kappa shape index (κ1) is 16.3. The topological polar surface area (TPSA) is 70.2 Å². The van der Waals surface area contributed by atoms with E-state index >= 15 is 0 Å². The average Bonchev–Trinajstić information content (AvgIpc) is 2.67. The molecule has 2 rings (SSSR count). The number of likely N-dealkylation sites (N-methyl/N-ethyl adjacent to an activating group) is 2. The zero-order valence-corrected chi connectivity index (χ0v) is 13.0. The molecule has 7 nitrogen and oxygen atoms in total. The molecule has 8 heteroatoms. The third-order valence-electron chi connectivity index (χ3n) is 3.19. The summed E-state index contributed by atoms with van der Waals surface area (Å²) in [7, 11) is 3.01. The minimum absolute atomic E-state index is 0.0394. The molecule has 0 N–H and O–H groups in total. The normalized spacial score (nSPS) is 15.2. The molecule has 1 fully saturated rings. The van der Waals surface area contributed by atoms with Gasteiger partial charge in [0.2, 0.25) is 0 Å². The molecule has 22 heavy (non-hydrogen) atoms. The lowest BCUT2D eigenvalue weighted by Gasteiger charge is -2.21. The summed E-state index contributed by atoms with van der Waals surface area (Å²) in [6.45, 7) is 0.896. The number of rotatable bonds is 6. The molecule has 0 bridgehead atoms. The second kappa shape index (κ2) is 6.76. The first-order valence-corrected chi connectivity index (χ1v) is 6.98. The summed E-state index contributed by atoms with van der Waals surface area (Å²) in [6.07, 6.45) is 0. The van der Waals surface area contributed by atoms with Crippen molar-refractivity contribution in [1.82, 2.24) is 14.7 Å². The molecule has 118 valence electrons. The number of benzene rings is 1. The minimum atomic E-state index is -0.809. The molecule has 0 unspecified atom stereocenters. The fourth-order valence-electron chi connectivity index (χ4n) is 1.90. The molecule has 1 aromatic carbocycles. The molecule has 0 aliphatic carbocycles. The van der Waals surface area contributed by atoms with Gasteiger partial charge in [-0.3, -0.25) is 19.4 Å². The first-order chi connectivity index (χ1) is 10.4. The highest BCUT2D eigenvalue weighted by Gasteiger charge is 2.42. The van der Waals surface area contributed by atoms with Crippen LogP contribution in [0.25, 0.3) is 0 Å². The number of carbonyl (C=O) groups excluding carboxylic acids is 3. The largest absolute Gasteiger partial charge is 0.492 e. The highest BCUT2D eigenvalue weighted by Crippen LogP contribution is 2.15. The van der Waals surface area contributed by atoms with Gasteiger partial charge in [-0.2, -0.15) is 0 Å². The van der Waals surface area contributed by atoms with E-state index in [0.29, 0.717) is 23.9 Å². The Hall–Kier alpha value is -2.12. The second-order valence-electron chi connectivity index (χ2n) is 4.90. The van der Waals surface area contributed by atoms with Crippen LogP contribution in [-0.4, -0.2) is 66.5 Å². The van der Waals surface area contributed by atoms with Gasteiger partial charge in [0.05, 0.1) is 6.67 Å². The van der Waals surface area contributed by atoms with E-state index in [2.05, 4.69) is 0 Å². The van der Waals surface area contributed by atoms with Gasteiger partial charge in [-0.1, -0.05) is 11.6 Å². The van der Waals surface area contributed by atoms with Gasteiger partial charge >= 0.3 is 17.8 Å². The number of hydrogen-bond acceptors (Lipinski definition) is 5. The van der Waals surface area contributed by atoms with Crippen molar-refractivity contribution in [1.29, 1.82) is 0 Å². The molecule has 0 atom stereocenters. The molecular formula is C14H16ClN3O4. The van der Waals surface area contributed by atoms with Crippen LogP contribution in [0, 0.1) is 0 Å². The first-order valence-electron chi connectivity index (χ1n) is 6.60. The highest BCUT2D eigenvalue weighted by atomic mass is 35.5. The number of nitrogens with zero attached hydrogens (tertiary/aromatic N) is 3. The van der Waals surface area contributed by atoms with Crippen molar-refractivity contribution in [2.75, 3.05) is 33.9 Å². The van der Waals surface area contributed by atoms with Crippen LogP contribution in [0.5, 0.6) is 5.75 Å². The Bertz CT molecular complexity index is 590. The van der Waals surface area contributed by atoms with Crippen molar-refractivity contribution in [2.45, 2.75) is 0 Å². The van der Waals surface area contributed by atoms with Crippen molar-refractivity contribution < 1.29 is 19.1 Å². The Morgan fingerprint density at radius 2 is 1.77 bits per heavy atom. The van der Waals surface area contributed by atoms with E-state index in [4.69, 9.17) is 16.3 Å². The van der Waals surface area contributed by atoms with Gasteiger partial charge in [-0.25, -0.2) is 9.69 Å². The van der Waals surface area contributed by atoms with Crippen LogP contribution >= 0.6 is 11.6 Å². The third-order valence-corrected chi connectivity index (χ3v) is 3.44. The van der Waals surface area contributed by atoms with Crippen LogP contribution in [0.3, 0.4) is 0 Å². The molecular weight excluding hydrogens is 310 g/mol. The van der Waals surface area contributed by atoms with Gasteiger partial charge in [-0.15, -0.1) is 0 Å². The zero-order chi connectivity index (χ0) is 16.3. The Balaban J connectivity index is 1.79. The maximum absolute atomic E-state index is 11.7. The highest BCUT2D eigenvalue weighted by molar-refractivity contribution is 6.44. The molecule has 4 amide bonds. The maximum atomic E-state index is 11.7. The monoisotopic (exact) mass is 325 g/mol. The lowest BCUT2D eigenvalue weighted by Crippen LogP contribution is -2.41. The van der Waals surface area contributed by atoms with Crippen LogP contribution in [0.2, 0.25) is 5.02 Å². The summed E-state index contributed by atoms with van der Waals surface area (Å²) in [5.41, 5.74) is 0. The van der Waals surface area contributed by atoms with Gasteiger partial charge in [0.25, 0.3) is 0 Å². The van der Waals surface area contributed by atoms with Crippen molar-refractivity contribution in [3.8, 4) is 5.75 Å². The Morgan fingerprint density at radius 1 is 1.14 bits per heavy atom. The smallest absolute Gasteiger partial charge is 0.335 e. The molecule has 1 saturated heterocycles. The third kappa shape index (κ3) is 3.55. The van der Waals surface area contributed by atoms with Gasteiger partial charge in [0.1, 0.15) is 12.4 Å². The molecule has 1 aromatic rings. The van der Waals surface area contributed by atoms with E-state index < -0.39 is 17.8 Å². The van der Waals surface area contributed by atoms with Crippen LogP contribution in [-0.2, 0) is 9.59 Å². The van der Waals surface area contributed by atoms with Crippen LogP contribution in [0.15, 0.2) is 24.3 Å². The Morgan fingerprint density at radius 3 is 2.32 bits per heavy atom. The van der Waals surface area contributed by atoms with Gasteiger partial charge < -0.3 is 4.74 Å². The SMILES string of the molecule is CN(CCOc1ccc(Cl)cc1)CN1C(=O)C(=O)N(C)C1=O. The van der Waals surface area contributed by atoms with Crippen molar-refractivity contribution in [3.05, 3.63) is 29.3 Å². The molecule has 1 aliphatic heterocycles. The molecule has 0 aromatic heterocycles. The predicted molar refractivity (Wildman–Crippen MR) is 79.5 cm³/mol. The fourth-order valence-corrected chi connectivity index (χ4v) is 2.03. The van der Waals surface area contributed by atoms with E-state index in [1.54, 1.807) is 36.2 Å². The average molecular weight is 326 g/mol. The van der Waals surface area contributed by atoms with E-state index in [9.17, 15) is 14.4 Å². The fraction of sp³-hybridized carbons (Fsp3) is 0.357. The lowest BCUT2D eigenvalue weighted by atomic mass is 10.3. The standard InChI is InChI=1S/C14H16ClN3O4/c1-16(7-8-22-11-5-3-10(15)4-6-11)9-18-13(20)12(19)17(2)14(18)21/h3-6H,7-9H2,1-2H3. The van der Waals surface area contributed by atoms with Gasteiger partial charge in [0, 0.05) is 18.6 Å². The van der Waals surface area contributed by atoms with E-state index in [-0.39, 0.29) is 6.67 Å². The number of halogens is 1. The second-order valence-corrected chi connectivity index (χ2v) is 5.34. The summed E-state index contributed by atoms with van der Waals surface area (Å²) in [6, 6.07) is 6.35. The molecule has 1 heterocycles. The number of imide groups is 2. The lowest BCUT2D eigenvalue weighted by molar-refractivity contribution is -0.143. The number of amides is 4. The molecule has 0 spiro atoms. The molecule has 0 saturated carbocycles. The maximum Gasteiger partial charge on any atom is 0.335 e. The molecule has 1 aliphatic rings. The van der Waals surface area contributed by atoms with Crippen molar-refractivity contribution in [2.24, 2.45) is 0 Å². The number of hydrogen-bond donors (Lipinski definition) is 0. The predicted octanol–water partition coefficient (Wildman–Crippen LogP) is 1.03. The van der Waals surface area contributed by atoms with Crippen molar-refractivity contribution in [3.63, 3.8) is 0 Å². The van der Waals surface area contributed by atoms with Gasteiger partial charge in [-0.05, 0) is 31.3 Å². The van der Waals surface area contributed by atoms with E-state index in [1.807, 2.05) is 0 Å². The van der Waals surface area contributed by atoms with Crippen molar-refractivity contribution >= 4 is 29.4 Å².